The highest BCUT2D eigenvalue weighted by atomic mass is 19.3. The Morgan fingerprint density at radius 2 is 1.73 bits per heavy atom. The first kappa shape index (κ1) is 27.9. The highest BCUT2D eigenvalue weighted by Gasteiger charge is 2.48. The van der Waals surface area contributed by atoms with Crippen LogP contribution in [0.2, 0.25) is 0 Å². The molecule has 1 atom stereocenters. The molecule has 2 aromatic rings. The Balaban J connectivity index is 1.34. The third-order valence-corrected chi connectivity index (χ3v) is 8.47. The van der Waals surface area contributed by atoms with E-state index in [9.17, 15) is 37.1 Å². The van der Waals surface area contributed by atoms with Gasteiger partial charge in [-0.1, -0.05) is 18.2 Å². The van der Waals surface area contributed by atoms with E-state index in [2.05, 4.69) is 0 Å². The summed E-state index contributed by atoms with van der Waals surface area (Å²) in [4.78, 5) is 43.5. The molecule has 0 bridgehead atoms. The minimum absolute atomic E-state index is 0.0424. The van der Waals surface area contributed by atoms with Crippen LogP contribution in [0, 0.1) is 17.0 Å². The van der Waals surface area contributed by atoms with Crippen LogP contribution in [0.1, 0.15) is 50.5 Å². The lowest BCUT2D eigenvalue weighted by molar-refractivity contribution is -0.154. The number of carboxylic acids is 1. The van der Waals surface area contributed by atoms with Crippen LogP contribution < -0.4 is 9.80 Å². The van der Waals surface area contributed by atoms with Crippen molar-refractivity contribution in [3.05, 3.63) is 59.7 Å². The number of para-hydroxylation sites is 1. The van der Waals surface area contributed by atoms with Crippen LogP contribution >= 0.6 is 0 Å². The Labute approximate surface area is 229 Å². The molecule has 3 aliphatic rings. The lowest BCUT2D eigenvalue weighted by atomic mass is 9.75. The normalized spacial score (nSPS) is 21.6. The van der Waals surface area contributed by atoms with E-state index < -0.39 is 53.7 Å². The summed E-state index contributed by atoms with van der Waals surface area (Å²) < 4.78 is 57.3. The maximum atomic E-state index is 14.8. The Morgan fingerprint density at radius 3 is 2.40 bits per heavy atom. The van der Waals surface area contributed by atoms with E-state index in [1.54, 1.807) is 6.07 Å². The molecule has 2 aromatic carbocycles. The summed E-state index contributed by atoms with van der Waals surface area (Å²) in [6, 6.07) is 8.33. The molecule has 1 saturated heterocycles. The van der Waals surface area contributed by atoms with E-state index in [1.165, 1.54) is 40.1 Å². The number of hydrogen-bond acceptors (Lipinski definition) is 3. The van der Waals surface area contributed by atoms with Gasteiger partial charge in [-0.15, -0.1) is 0 Å². The van der Waals surface area contributed by atoms with Crippen molar-refractivity contribution in [1.82, 2.24) is 4.90 Å². The molecule has 11 heteroatoms. The zero-order chi connectivity index (χ0) is 28.7. The van der Waals surface area contributed by atoms with Crippen LogP contribution in [-0.4, -0.2) is 59.5 Å². The summed E-state index contributed by atoms with van der Waals surface area (Å²) in [5, 5.41) is 10.2. The second-order valence-corrected chi connectivity index (χ2v) is 11.0. The van der Waals surface area contributed by atoms with Crippen LogP contribution in [0.4, 0.5) is 33.7 Å². The van der Waals surface area contributed by atoms with Crippen molar-refractivity contribution in [2.45, 2.75) is 63.3 Å². The number of amides is 3. The van der Waals surface area contributed by atoms with Crippen LogP contribution in [0.5, 0.6) is 0 Å². The molecule has 2 fully saturated rings. The molecule has 1 unspecified atom stereocenters. The number of nitrogens with zero attached hydrogens (tertiary/aromatic N) is 3. The number of piperidine rings is 1. The highest BCUT2D eigenvalue weighted by molar-refractivity contribution is 5.97. The number of likely N-dealkylation sites (tertiary alicyclic amines) is 1. The molecule has 0 spiro atoms. The SMILES string of the molecule is O=C(N1CCC(CC(=O)N(c2ccccc2F)C2CCCC(F)(F)C2)(C(=O)O)CC1)N1CCc2ccc(F)cc21. The van der Waals surface area contributed by atoms with Crippen LogP contribution in [-0.2, 0) is 16.0 Å². The first-order valence-corrected chi connectivity index (χ1v) is 13.5. The standard InChI is InChI=1S/C29H31F4N3O4/c30-20-8-7-19-9-13-35(24(19)16-20)27(40)34-14-11-28(12-15-34,26(38)39)18-25(37)36(23-6-2-1-5-22(23)31)21-4-3-10-29(32,33)17-21/h1-2,5-8,16,21H,3-4,9-15,17-18H2,(H,38,39). The number of anilines is 2. The predicted molar refractivity (Wildman–Crippen MR) is 139 cm³/mol. The average Bonchev–Trinajstić information content (AvgIpc) is 3.32. The van der Waals surface area contributed by atoms with Crippen LogP contribution in [0.15, 0.2) is 42.5 Å². The largest absolute Gasteiger partial charge is 0.481 e. The smallest absolute Gasteiger partial charge is 0.324 e. The lowest BCUT2D eigenvalue weighted by Crippen LogP contribution is -2.53. The molecule has 0 aromatic heterocycles. The number of carbonyl (C=O) groups is 3. The molecule has 1 aliphatic carbocycles. The number of fused-ring (bicyclic) bond motifs is 1. The second-order valence-electron chi connectivity index (χ2n) is 11.0. The maximum absolute atomic E-state index is 14.8. The fraction of sp³-hybridized carbons (Fsp3) is 0.483. The first-order chi connectivity index (χ1) is 19.0. The molecule has 40 heavy (non-hydrogen) atoms. The van der Waals surface area contributed by atoms with Gasteiger partial charge in [-0.3, -0.25) is 14.5 Å². The molecule has 7 nitrogen and oxygen atoms in total. The van der Waals surface area contributed by atoms with Gasteiger partial charge in [0.15, 0.2) is 0 Å². The number of benzene rings is 2. The van der Waals surface area contributed by atoms with Gasteiger partial charge in [0.05, 0.1) is 16.8 Å². The molecule has 1 N–H and O–H groups in total. The first-order valence-electron chi connectivity index (χ1n) is 13.5. The summed E-state index contributed by atoms with van der Waals surface area (Å²) in [6.45, 7) is 0.460. The van der Waals surface area contributed by atoms with Gasteiger partial charge in [0, 0.05) is 44.9 Å². The fourth-order valence-electron chi connectivity index (χ4n) is 6.24. The lowest BCUT2D eigenvalue weighted by Gasteiger charge is -2.42. The van der Waals surface area contributed by atoms with Gasteiger partial charge in [-0.05, 0) is 61.9 Å². The predicted octanol–water partition coefficient (Wildman–Crippen LogP) is 5.62. The van der Waals surface area contributed by atoms with Crippen LogP contribution in [0.3, 0.4) is 0 Å². The second kappa shape index (κ2) is 10.7. The summed E-state index contributed by atoms with van der Waals surface area (Å²) >= 11 is 0. The molecular formula is C29H31F4N3O4. The monoisotopic (exact) mass is 561 g/mol. The van der Waals surface area contributed by atoms with E-state index >= 15 is 0 Å². The molecular weight excluding hydrogens is 530 g/mol. The molecule has 0 radical (unpaired) electrons. The molecule has 5 rings (SSSR count). The average molecular weight is 562 g/mol. The molecule has 214 valence electrons. The van der Waals surface area contributed by atoms with E-state index in [4.69, 9.17) is 0 Å². The van der Waals surface area contributed by atoms with Crippen molar-refractivity contribution < 1.29 is 37.1 Å². The molecule has 3 amide bonds. The Morgan fingerprint density at radius 1 is 1.00 bits per heavy atom. The summed E-state index contributed by atoms with van der Waals surface area (Å²) in [7, 11) is 0. The zero-order valence-corrected chi connectivity index (χ0v) is 21.9. The van der Waals surface area contributed by atoms with Gasteiger partial charge in [-0.2, -0.15) is 0 Å². The van der Waals surface area contributed by atoms with Gasteiger partial charge in [0.25, 0.3) is 0 Å². The Hall–Kier alpha value is -3.63. The van der Waals surface area contributed by atoms with Gasteiger partial charge < -0.3 is 14.9 Å². The van der Waals surface area contributed by atoms with Gasteiger partial charge in [0.1, 0.15) is 11.6 Å². The van der Waals surface area contributed by atoms with Crippen molar-refractivity contribution in [3.63, 3.8) is 0 Å². The highest BCUT2D eigenvalue weighted by Crippen LogP contribution is 2.41. The summed E-state index contributed by atoms with van der Waals surface area (Å²) in [5.74, 6) is -6.20. The van der Waals surface area contributed by atoms with Crippen molar-refractivity contribution >= 4 is 29.3 Å². The van der Waals surface area contributed by atoms with Crippen molar-refractivity contribution in [2.24, 2.45) is 5.41 Å². The Bertz CT molecular complexity index is 1310. The minimum Gasteiger partial charge on any atom is -0.481 e. The summed E-state index contributed by atoms with van der Waals surface area (Å²) in [5.41, 5.74) is -0.369. The van der Waals surface area contributed by atoms with Crippen molar-refractivity contribution in [3.8, 4) is 0 Å². The van der Waals surface area contributed by atoms with Gasteiger partial charge in [-0.25, -0.2) is 22.4 Å². The van der Waals surface area contributed by atoms with Crippen molar-refractivity contribution in [2.75, 3.05) is 29.4 Å². The van der Waals surface area contributed by atoms with Crippen molar-refractivity contribution in [1.29, 1.82) is 0 Å². The number of carbonyl (C=O) groups excluding carboxylic acids is 2. The topological polar surface area (TPSA) is 81.2 Å². The number of urea groups is 1. The zero-order valence-electron chi connectivity index (χ0n) is 21.9. The van der Waals surface area contributed by atoms with Crippen LogP contribution in [0.25, 0.3) is 0 Å². The maximum Gasteiger partial charge on any atom is 0.324 e. The fourth-order valence-corrected chi connectivity index (χ4v) is 6.24. The number of aliphatic carboxylic acids is 1. The van der Waals surface area contributed by atoms with E-state index in [0.29, 0.717) is 18.7 Å². The Kier molecular flexibility index (Phi) is 7.50. The van der Waals surface area contributed by atoms with E-state index in [0.717, 1.165) is 16.5 Å². The molecule has 2 aliphatic heterocycles. The molecule has 1 saturated carbocycles. The van der Waals surface area contributed by atoms with E-state index in [1.807, 2.05) is 0 Å². The summed E-state index contributed by atoms with van der Waals surface area (Å²) in [6.07, 6.45) is -0.581. The number of carboxylic acid groups (broad SMARTS) is 1. The number of halogens is 4. The minimum atomic E-state index is -3.01. The number of rotatable bonds is 5. The quantitative estimate of drug-likeness (QED) is 0.481. The van der Waals surface area contributed by atoms with E-state index in [-0.39, 0.29) is 56.9 Å². The van der Waals surface area contributed by atoms with Gasteiger partial charge >= 0.3 is 12.0 Å². The number of hydrogen-bond donors (Lipinski definition) is 1. The third kappa shape index (κ3) is 5.38. The third-order valence-electron chi connectivity index (χ3n) is 8.47. The number of alkyl halides is 2. The van der Waals surface area contributed by atoms with Gasteiger partial charge in [0.2, 0.25) is 11.8 Å². The molecule has 2 heterocycles.